The van der Waals surface area contributed by atoms with E-state index < -0.39 is 5.97 Å². The monoisotopic (exact) mass is 513 g/mol. The second kappa shape index (κ2) is 10.8. The Morgan fingerprint density at radius 3 is 2.82 bits per heavy atom. The van der Waals surface area contributed by atoms with E-state index >= 15 is 0 Å². The SMILES string of the molecule is CCN(N)c1cccc(C)c1N.O=C(O)CCc1ccc2c(c1)CSB(I)O2. The van der Waals surface area contributed by atoms with Crippen LogP contribution in [0.2, 0.25) is 0 Å². The standard InChI is InChI=1S/C10H10BIO3S.C9H15N3/c12-11-15-9-3-1-7(2-4-10(13)14)5-8(9)6-16-11;1-3-12(11)8-6-4-5-7(2)9(8)10/h1,3,5H,2,4,6H2,(H,13,14);4-6H,3,10-11H2,1-2H3. The van der Waals surface area contributed by atoms with E-state index in [1.165, 1.54) is 5.56 Å². The third-order valence-corrected chi connectivity index (χ3v) is 6.46. The molecule has 28 heavy (non-hydrogen) atoms. The summed E-state index contributed by atoms with van der Waals surface area (Å²) in [5.41, 5.74) is 10.8. The van der Waals surface area contributed by atoms with E-state index in [4.69, 9.17) is 21.3 Å². The number of hydrogen-bond acceptors (Lipinski definition) is 6. The van der Waals surface area contributed by atoms with Crippen LogP contribution in [-0.2, 0) is 17.0 Å². The summed E-state index contributed by atoms with van der Waals surface area (Å²) in [7, 11) is 0. The number of rotatable bonds is 5. The van der Waals surface area contributed by atoms with Gasteiger partial charge in [-0.3, -0.25) is 4.79 Å². The number of carbonyl (C=O) groups is 1. The molecule has 1 heterocycles. The predicted octanol–water partition coefficient (Wildman–Crippen LogP) is 4.03. The lowest BCUT2D eigenvalue weighted by Crippen LogP contribution is -2.31. The molecule has 1 aliphatic rings. The number of nitrogen functional groups attached to an aromatic ring is 1. The molecule has 0 bridgehead atoms. The number of hydrogen-bond donors (Lipinski definition) is 3. The van der Waals surface area contributed by atoms with Crippen molar-refractivity contribution in [1.29, 1.82) is 0 Å². The van der Waals surface area contributed by atoms with Crippen LogP contribution in [0, 0.1) is 6.92 Å². The van der Waals surface area contributed by atoms with E-state index in [1.807, 2.05) is 50.2 Å². The lowest BCUT2D eigenvalue weighted by atomic mass is 10.1. The van der Waals surface area contributed by atoms with Crippen LogP contribution in [0.3, 0.4) is 0 Å². The summed E-state index contributed by atoms with van der Waals surface area (Å²) in [6.07, 6.45) is 0.767. The predicted molar refractivity (Wildman–Crippen MR) is 127 cm³/mol. The second-order valence-electron chi connectivity index (χ2n) is 6.33. The minimum atomic E-state index is -0.754. The van der Waals surface area contributed by atoms with Crippen molar-refractivity contribution < 1.29 is 14.6 Å². The van der Waals surface area contributed by atoms with E-state index in [0.29, 0.717) is 6.42 Å². The van der Waals surface area contributed by atoms with Gasteiger partial charge < -0.3 is 20.5 Å². The molecule has 0 aromatic heterocycles. The van der Waals surface area contributed by atoms with Crippen molar-refractivity contribution in [3.05, 3.63) is 53.1 Å². The van der Waals surface area contributed by atoms with Gasteiger partial charge in [0.15, 0.2) is 0 Å². The Labute approximate surface area is 183 Å². The van der Waals surface area contributed by atoms with E-state index in [0.717, 1.165) is 40.5 Å². The van der Waals surface area contributed by atoms with Gasteiger partial charge in [0.25, 0.3) is 0 Å². The largest absolute Gasteiger partial charge is 0.542 e. The molecular weight excluding hydrogens is 488 g/mol. The average molecular weight is 513 g/mol. The molecule has 2 aromatic rings. The molecule has 0 fully saturated rings. The van der Waals surface area contributed by atoms with Crippen LogP contribution in [0.5, 0.6) is 5.75 Å². The van der Waals surface area contributed by atoms with Crippen LogP contribution < -0.4 is 21.2 Å². The van der Waals surface area contributed by atoms with Crippen molar-refractivity contribution in [2.45, 2.75) is 32.4 Å². The first-order valence-electron chi connectivity index (χ1n) is 8.95. The first-order chi connectivity index (χ1) is 13.3. The van der Waals surface area contributed by atoms with Crippen LogP contribution in [0.25, 0.3) is 0 Å². The Morgan fingerprint density at radius 1 is 1.39 bits per heavy atom. The number of para-hydroxylation sites is 1. The molecule has 0 atom stereocenters. The number of nitrogens with two attached hydrogens (primary N) is 2. The van der Waals surface area contributed by atoms with Crippen molar-refractivity contribution in [3.8, 4) is 5.75 Å². The van der Waals surface area contributed by atoms with Crippen molar-refractivity contribution in [3.63, 3.8) is 0 Å². The fraction of sp³-hybridized carbons (Fsp3) is 0.316. The first-order valence-corrected chi connectivity index (χ1v) is 11.2. The summed E-state index contributed by atoms with van der Waals surface area (Å²) >= 11 is 3.99. The van der Waals surface area contributed by atoms with Gasteiger partial charge in [-0.2, -0.15) is 0 Å². The molecule has 0 saturated heterocycles. The number of fused-ring (bicyclic) bond motifs is 1. The van der Waals surface area contributed by atoms with Crippen LogP contribution in [0.4, 0.5) is 11.4 Å². The molecule has 9 heteroatoms. The Balaban J connectivity index is 0.000000209. The molecule has 2 aromatic carbocycles. The van der Waals surface area contributed by atoms with Gasteiger partial charge in [0.2, 0.25) is 0 Å². The molecule has 0 saturated carbocycles. The highest BCUT2D eigenvalue weighted by atomic mass is 127. The van der Waals surface area contributed by atoms with Crippen molar-refractivity contribution >= 4 is 55.4 Å². The Morgan fingerprint density at radius 2 is 2.14 bits per heavy atom. The molecule has 0 radical (unpaired) electrons. The minimum absolute atomic E-state index is 0.176. The summed E-state index contributed by atoms with van der Waals surface area (Å²) in [6.45, 7) is 4.72. The Hall–Kier alpha value is -1.59. The fourth-order valence-electron chi connectivity index (χ4n) is 2.64. The van der Waals surface area contributed by atoms with Crippen LogP contribution in [-0.4, -0.2) is 21.7 Å². The van der Waals surface area contributed by atoms with Gasteiger partial charge in [0.1, 0.15) is 5.75 Å². The molecule has 1 aliphatic heterocycles. The Kier molecular flexibility index (Phi) is 8.77. The lowest BCUT2D eigenvalue weighted by molar-refractivity contribution is -0.136. The van der Waals surface area contributed by atoms with Gasteiger partial charge in [0.05, 0.1) is 11.4 Å². The molecule has 150 valence electrons. The summed E-state index contributed by atoms with van der Waals surface area (Å²) in [4.78, 5) is 10.5. The number of hydrazine groups is 1. The summed E-state index contributed by atoms with van der Waals surface area (Å²) in [5, 5.41) is 10.3. The average Bonchev–Trinajstić information content (AvgIpc) is 2.68. The summed E-state index contributed by atoms with van der Waals surface area (Å²) in [5.74, 6) is 6.83. The molecular formula is C19H25BIN3O3S. The maximum Gasteiger partial charge on any atom is 0.500 e. The highest BCUT2D eigenvalue weighted by Gasteiger charge is 2.22. The van der Waals surface area contributed by atoms with Crippen LogP contribution >= 0.6 is 34.0 Å². The summed E-state index contributed by atoms with van der Waals surface area (Å²) in [6, 6.07) is 11.8. The second-order valence-corrected chi connectivity index (χ2v) is 9.36. The summed E-state index contributed by atoms with van der Waals surface area (Å²) < 4.78 is 5.82. The van der Waals surface area contributed by atoms with Crippen molar-refractivity contribution in [2.75, 3.05) is 17.3 Å². The van der Waals surface area contributed by atoms with Crippen LogP contribution in [0.1, 0.15) is 30.0 Å². The number of anilines is 2. The molecule has 6 nitrogen and oxygen atoms in total. The molecule has 5 N–H and O–H groups in total. The number of carboxylic acids is 1. The van der Waals surface area contributed by atoms with E-state index in [-0.39, 0.29) is 10.5 Å². The molecule has 0 spiro atoms. The van der Waals surface area contributed by atoms with Gasteiger partial charge in [-0.1, -0.05) is 46.6 Å². The smallest absolute Gasteiger partial charge is 0.500 e. The normalized spacial score (nSPS) is 12.4. The topological polar surface area (TPSA) is 102 Å². The fourth-order valence-corrected chi connectivity index (χ4v) is 4.16. The molecule has 0 unspecified atom stereocenters. The van der Waals surface area contributed by atoms with Crippen molar-refractivity contribution in [1.82, 2.24) is 0 Å². The van der Waals surface area contributed by atoms with Gasteiger partial charge in [-0.25, -0.2) is 5.84 Å². The molecule has 0 amide bonds. The number of halogens is 1. The minimum Gasteiger partial charge on any atom is -0.542 e. The third kappa shape index (κ3) is 6.49. The zero-order valence-corrected chi connectivity index (χ0v) is 19.0. The highest BCUT2D eigenvalue weighted by molar-refractivity contribution is 14.1. The maximum absolute atomic E-state index is 10.5. The lowest BCUT2D eigenvalue weighted by Gasteiger charge is -2.20. The number of aryl methyl sites for hydroxylation is 2. The Bertz CT molecular complexity index is 825. The number of benzene rings is 2. The third-order valence-electron chi connectivity index (χ3n) is 4.29. The molecule has 0 aliphatic carbocycles. The van der Waals surface area contributed by atoms with E-state index in [1.54, 1.807) is 16.6 Å². The number of carboxylic acid groups (broad SMARTS) is 1. The quantitative estimate of drug-likeness (QED) is 0.183. The van der Waals surface area contributed by atoms with Gasteiger partial charge in [-0.05, 0) is 43.5 Å². The van der Waals surface area contributed by atoms with Crippen LogP contribution in [0.15, 0.2) is 36.4 Å². The zero-order chi connectivity index (χ0) is 20.7. The van der Waals surface area contributed by atoms with Gasteiger partial charge in [0, 0.05) is 24.3 Å². The highest BCUT2D eigenvalue weighted by Crippen LogP contribution is 2.34. The van der Waals surface area contributed by atoms with E-state index in [2.05, 4.69) is 22.4 Å². The van der Waals surface area contributed by atoms with Gasteiger partial charge in [-0.15, -0.1) is 11.6 Å². The van der Waals surface area contributed by atoms with Gasteiger partial charge >= 0.3 is 10.0 Å². The number of nitrogens with zero attached hydrogens (tertiary/aromatic N) is 1. The maximum atomic E-state index is 10.5. The first kappa shape index (κ1) is 22.7. The zero-order valence-electron chi connectivity index (χ0n) is 16.0. The molecule has 3 rings (SSSR count). The van der Waals surface area contributed by atoms with Crippen molar-refractivity contribution in [2.24, 2.45) is 5.84 Å². The van der Waals surface area contributed by atoms with E-state index in [9.17, 15) is 4.79 Å². The number of aliphatic carboxylic acids is 1.